The van der Waals surface area contributed by atoms with Crippen LogP contribution in [-0.4, -0.2) is 49.9 Å². The van der Waals surface area contributed by atoms with Gasteiger partial charge in [-0.05, 0) is 32.0 Å². The second-order valence-electron chi connectivity index (χ2n) is 7.73. The Bertz CT molecular complexity index is 1240. The van der Waals surface area contributed by atoms with Crippen molar-refractivity contribution in [3.05, 3.63) is 41.2 Å². The molecule has 2 amide bonds. The van der Waals surface area contributed by atoms with E-state index >= 15 is 4.39 Å². The number of halogens is 3. The van der Waals surface area contributed by atoms with Crippen LogP contribution in [0.4, 0.5) is 20.3 Å². The van der Waals surface area contributed by atoms with Crippen LogP contribution in [0, 0.1) is 11.6 Å². The first-order valence-electron chi connectivity index (χ1n) is 9.42. The average molecular weight is 449 g/mol. The molecule has 0 bridgehead atoms. The van der Waals surface area contributed by atoms with E-state index in [4.69, 9.17) is 17.3 Å². The predicted molar refractivity (Wildman–Crippen MR) is 112 cm³/mol. The molecule has 0 radical (unpaired) electrons. The summed E-state index contributed by atoms with van der Waals surface area (Å²) in [6.45, 7) is 4.53. The lowest BCUT2D eigenvalue weighted by atomic mass is 9.96. The summed E-state index contributed by atoms with van der Waals surface area (Å²) in [6.07, 6.45) is 1.19. The molecule has 3 heterocycles. The molecule has 3 aromatic rings. The van der Waals surface area contributed by atoms with E-state index in [1.807, 2.05) is 0 Å². The molecule has 1 aliphatic rings. The molecule has 0 saturated carbocycles. The van der Waals surface area contributed by atoms with E-state index in [-0.39, 0.29) is 46.6 Å². The normalized spacial score (nSPS) is 16.3. The van der Waals surface area contributed by atoms with Crippen molar-refractivity contribution in [1.82, 2.24) is 19.5 Å². The maximum atomic E-state index is 15.7. The monoisotopic (exact) mass is 448 g/mol. The highest BCUT2D eigenvalue weighted by molar-refractivity contribution is 6.35. The van der Waals surface area contributed by atoms with Crippen LogP contribution in [0.5, 0.6) is 0 Å². The number of carbonyl (C=O) groups is 2. The van der Waals surface area contributed by atoms with Gasteiger partial charge in [0.2, 0.25) is 5.91 Å². The Morgan fingerprint density at radius 2 is 1.97 bits per heavy atom. The van der Waals surface area contributed by atoms with Crippen molar-refractivity contribution in [3.8, 4) is 11.3 Å². The number of amides is 2. The van der Waals surface area contributed by atoms with Crippen LogP contribution in [0.15, 0.2) is 24.5 Å². The second kappa shape index (κ2) is 7.16. The van der Waals surface area contributed by atoms with E-state index in [2.05, 4.69) is 10.1 Å². The van der Waals surface area contributed by atoms with Gasteiger partial charge in [0.1, 0.15) is 28.9 Å². The number of anilines is 2. The molecule has 162 valence electrons. The fraction of sp³-hybridized carbons (Fsp3) is 0.300. The molecule has 1 fully saturated rings. The Labute approximate surface area is 181 Å². The summed E-state index contributed by atoms with van der Waals surface area (Å²) in [7, 11) is 0. The SMILES string of the molecule is CC(=O)N1CCN(c2c(F)ccc(-c3cc(Cl)c4c(N)ncnn34)c2F)C(=O)C1(C)C. The number of nitrogens with zero attached hydrogens (tertiary/aromatic N) is 5. The number of nitrogens with two attached hydrogens (primary N) is 1. The van der Waals surface area contributed by atoms with Crippen LogP contribution in [0.3, 0.4) is 0 Å². The lowest BCUT2D eigenvalue weighted by molar-refractivity contribution is -0.145. The molecule has 0 unspecified atom stereocenters. The minimum absolute atomic E-state index is 0.0176. The third-order valence-corrected chi connectivity index (χ3v) is 5.81. The summed E-state index contributed by atoms with van der Waals surface area (Å²) in [5.41, 5.74) is 4.59. The van der Waals surface area contributed by atoms with Gasteiger partial charge in [0, 0.05) is 25.6 Å². The minimum Gasteiger partial charge on any atom is -0.382 e. The van der Waals surface area contributed by atoms with Crippen molar-refractivity contribution in [2.24, 2.45) is 0 Å². The number of hydrogen-bond donors (Lipinski definition) is 1. The van der Waals surface area contributed by atoms with Crippen LogP contribution < -0.4 is 10.6 Å². The van der Waals surface area contributed by atoms with Crippen LogP contribution in [0.1, 0.15) is 20.8 Å². The van der Waals surface area contributed by atoms with Gasteiger partial charge in [0.15, 0.2) is 11.6 Å². The average Bonchev–Trinajstić information content (AvgIpc) is 3.02. The molecular weight excluding hydrogens is 430 g/mol. The molecule has 1 saturated heterocycles. The number of carbonyl (C=O) groups excluding carboxylic acids is 2. The Hall–Kier alpha value is -3.27. The highest BCUT2D eigenvalue weighted by atomic mass is 35.5. The largest absolute Gasteiger partial charge is 0.382 e. The third-order valence-electron chi connectivity index (χ3n) is 5.52. The topological polar surface area (TPSA) is 96.8 Å². The molecule has 1 aromatic carbocycles. The number of nitrogen functional groups attached to an aromatic ring is 1. The summed E-state index contributed by atoms with van der Waals surface area (Å²) in [5.74, 6) is -2.63. The molecule has 0 spiro atoms. The van der Waals surface area contributed by atoms with Crippen LogP contribution in [-0.2, 0) is 9.59 Å². The molecule has 1 aliphatic heterocycles. The van der Waals surface area contributed by atoms with Crippen molar-refractivity contribution in [3.63, 3.8) is 0 Å². The molecule has 2 aromatic heterocycles. The number of rotatable bonds is 2. The standard InChI is InChI=1S/C20H19ClF2N6O2/c1-10(30)28-7-6-27(19(31)20(28,2)3)17-13(22)5-4-11(15(17)23)14-8-12(21)16-18(24)25-9-26-29(14)16/h4-5,8-9H,6-7H2,1-3H3,(H2,24,25,26). The highest BCUT2D eigenvalue weighted by Gasteiger charge is 2.45. The Balaban J connectivity index is 1.87. The van der Waals surface area contributed by atoms with Gasteiger partial charge in [0.05, 0.1) is 10.7 Å². The zero-order valence-electron chi connectivity index (χ0n) is 17.0. The van der Waals surface area contributed by atoms with E-state index in [9.17, 15) is 14.0 Å². The molecule has 4 rings (SSSR count). The number of piperazine rings is 1. The van der Waals surface area contributed by atoms with E-state index in [0.29, 0.717) is 0 Å². The summed E-state index contributed by atoms with van der Waals surface area (Å²) in [6, 6.07) is 3.76. The fourth-order valence-electron chi connectivity index (χ4n) is 3.99. The van der Waals surface area contributed by atoms with Gasteiger partial charge in [-0.25, -0.2) is 18.3 Å². The van der Waals surface area contributed by atoms with Gasteiger partial charge in [-0.1, -0.05) is 11.6 Å². The summed E-state index contributed by atoms with van der Waals surface area (Å²) in [4.78, 5) is 31.3. The zero-order valence-corrected chi connectivity index (χ0v) is 17.7. The van der Waals surface area contributed by atoms with Crippen LogP contribution >= 0.6 is 11.6 Å². The van der Waals surface area contributed by atoms with Crippen molar-refractivity contribution < 1.29 is 18.4 Å². The van der Waals surface area contributed by atoms with Crippen LogP contribution in [0.2, 0.25) is 5.02 Å². The van der Waals surface area contributed by atoms with Crippen molar-refractivity contribution in [1.29, 1.82) is 0 Å². The molecule has 0 aliphatic carbocycles. The third kappa shape index (κ3) is 3.09. The van der Waals surface area contributed by atoms with Gasteiger partial charge < -0.3 is 15.5 Å². The van der Waals surface area contributed by atoms with E-state index in [1.165, 1.54) is 34.8 Å². The number of fused-ring (bicyclic) bond motifs is 1. The lowest BCUT2D eigenvalue weighted by Crippen LogP contribution is -2.64. The smallest absolute Gasteiger partial charge is 0.252 e. The van der Waals surface area contributed by atoms with Crippen LogP contribution in [0.25, 0.3) is 16.8 Å². The van der Waals surface area contributed by atoms with Gasteiger partial charge in [-0.15, -0.1) is 0 Å². The highest BCUT2D eigenvalue weighted by Crippen LogP contribution is 2.38. The Morgan fingerprint density at radius 3 is 2.65 bits per heavy atom. The Morgan fingerprint density at radius 1 is 1.26 bits per heavy atom. The fourth-order valence-corrected chi connectivity index (χ4v) is 4.27. The summed E-state index contributed by atoms with van der Waals surface area (Å²) < 4.78 is 31.8. The van der Waals surface area contributed by atoms with Gasteiger partial charge in [-0.3, -0.25) is 9.59 Å². The minimum atomic E-state index is -1.26. The number of benzene rings is 1. The maximum absolute atomic E-state index is 15.7. The van der Waals surface area contributed by atoms with Crippen molar-refractivity contribution in [2.75, 3.05) is 23.7 Å². The predicted octanol–water partition coefficient (Wildman–Crippen LogP) is 2.88. The van der Waals surface area contributed by atoms with E-state index in [1.54, 1.807) is 13.8 Å². The van der Waals surface area contributed by atoms with Gasteiger partial charge in [-0.2, -0.15) is 5.10 Å². The molecular formula is C20H19ClF2N6O2. The molecule has 11 heteroatoms. The summed E-state index contributed by atoms with van der Waals surface area (Å²) in [5, 5.41) is 4.27. The second-order valence-corrected chi connectivity index (χ2v) is 8.13. The van der Waals surface area contributed by atoms with Gasteiger partial charge >= 0.3 is 0 Å². The van der Waals surface area contributed by atoms with Crippen molar-refractivity contribution >= 4 is 40.4 Å². The lowest BCUT2D eigenvalue weighted by Gasteiger charge is -2.45. The van der Waals surface area contributed by atoms with E-state index in [0.717, 1.165) is 11.0 Å². The number of aromatic nitrogens is 3. The molecule has 0 atom stereocenters. The molecule has 2 N–H and O–H groups in total. The Kier molecular flexibility index (Phi) is 4.84. The number of hydrogen-bond acceptors (Lipinski definition) is 5. The van der Waals surface area contributed by atoms with E-state index < -0.39 is 28.8 Å². The van der Waals surface area contributed by atoms with Crippen molar-refractivity contribution in [2.45, 2.75) is 26.3 Å². The maximum Gasteiger partial charge on any atom is 0.252 e. The molecule has 31 heavy (non-hydrogen) atoms. The quantitative estimate of drug-likeness (QED) is 0.650. The summed E-state index contributed by atoms with van der Waals surface area (Å²) >= 11 is 6.23. The zero-order chi connectivity index (χ0) is 22.7. The first kappa shape index (κ1) is 21.0. The first-order valence-corrected chi connectivity index (χ1v) is 9.79. The van der Waals surface area contributed by atoms with Gasteiger partial charge in [0.25, 0.3) is 5.91 Å². The first-order chi connectivity index (χ1) is 14.6. The molecule has 8 nitrogen and oxygen atoms in total.